The van der Waals surface area contributed by atoms with Gasteiger partial charge in [-0.15, -0.1) is 0 Å². The van der Waals surface area contributed by atoms with Gasteiger partial charge in [0, 0.05) is 29.9 Å². The first-order chi connectivity index (χ1) is 10.1. The van der Waals surface area contributed by atoms with Crippen molar-refractivity contribution in [2.75, 3.05) is 18.5 Å². The van der Waals surface area contributed by atoms with Crippen LogP contribution < -0.4 is 5.32 Å². The lowest BCUT2D eigenvalue weighted by molar-refractivity contribution is 0.0697. The number of hydrogen-bond acceptors (Lipinski definition) is 4. The molecule has 5 nitrogen and oxygen atoms in total. The molecule has 1 atom stereocenters. The highest BCUT2D eigenvalue weighted by Gasteiger charge is 2.16. The topological polar surface area (TPSA) is 71.5 Å². The van der Waals surface area contributed by atoms with Gasteiger partial charge in [-0.3, -0.25) is 4.98 Å². The van der Waals surface area contributed by atoms with E-state index in [2.05, 4.69) is 10.3 Å². The summed E-state index contributed by atoms with van der Waals surface area (Å²) in [6.45, 7) is 3.51. The number of carboxylic acid groups (broad SMARTS) is 1. The molecule has 0 unspecified atom stereocenters. The fraction of sp³-hybridized carbons (Fsp3) is 0.375. The van der Waals surface area contributed by atoms with Gasteiger partial charge in [-0.1, -0.05) is 0 Å². The predicted molar refractivity (Wildman–Crippen MR) is 80.9 cm³/mol. The van der Waals surface area contributed by atoms with Crippen molar-refractivity contribution in [3.63, 3.8) is 0 Å². The number of ether oxygens (including phenoxy) is 1. The van der Waals surface area contributed by atoms with E-state index in [1.807, 2.05) is 19.1 Å². The van der Waals surface area contributed by atoms with Gasteiger partial charge in [0.2, 0.25) is 0 Å². The van der Waals surface area contributed by atoms with Crippen molar-refractivity contribution in [2.24, 2.45) is 0 Å². The second-order valence-corrected chi connectivity index (χ2v) is 5.36. The summed E-state index contributed by atoms with van der Waals surface area (Å²) < 4.78 is 5.61. The number of carboxylic acids is 1. The van der Waals surface area contributed by atoms with Crippen LogP contribution in [0.5, 0.6) is 0 Å². The summed E-state index contributed by atoms with van der Waals surface area (Å²) in [5.41, 5.74) is 2.79. The maximum Gasteiger partial charge on any atom is 0.335 e. The van der Waals surface area contributed by atoms with Crippen LogP contribution in [0.1, 0.15) is 28.9 Å². The zero-order valence-electron chi connectivity index (χ0n) is 11.9. The van der Waals surface area contributed by atoms with Crippen LogP contribution in [0.2, 0.25) is 0 Å². The fourth-order valence-corrected chi connectivity index (χ4v) is 2.67. The van der Waals surface area contributed by atoms with E-state index in [1.165, 1.54) is 0 Å². The standard InChI is InChI=1S/C16H18N2O3/c1-10-7-14(17-9-12-3-2-6-21-12)13-5-4-11(16(19)20)8-15(13)18-10/h4-5,7-8,12H,2-3,6,9H2,1H3,(H,17,18)(H,19,20)/t12-/m0/s1. The van der Waals surface area contributed by atoms with Crippen molar-refractivity contribution in [2.45, 2.75) is 25.9 Å². The number of aromatic nitrogens is 1. The van der Waals surface area contributed by atoms with Gasteiger partial charge in [0.05, 0.1) is 17.2 Å². The number of anilines is 1. The number of benzene rings is 1. The van der Waals surface area contributed by atoms with Crippen LogP contribution in [0.25, 0.3) is 10.9 Å². The molecular weight excluding hydrogens is 268 g/mol. The lowest BCUT2D eigenvalue weighted by Crippen LogP contribution is -2.18. The molecule has 0 aliphatic carbocycles. The Morgan fingerprint density at radius 3 is 3.05 bits per heavy atom. The molecule has 0 radical (unpaired) electrons. The van der Waals surface area contributed by atoms with Crippen LogP contribution >= 0.6 is 0 Å². The molecule has 2 aromatic rings. The minimum Gasteiger partial charge on any atom is -0.478 e. The smallest absolute Gasteiger partial charge is 0.335 e. The van der Waals surface area contributed by atoms with Gasteiger partial charge in [0.1, 0.15) is 0 Å². The number of pyridine rings is 1. The molecule has 0 saturated carbocycles. The maximum absolute atomic E-state index is 11.1. The molecule has 1 aliphatic heterocycles. The zero-order valence-corrected chi connectivity index (χ0v) is 11.9. The summed E-state index contributed by atoms with van der Waals surface area (Å²) in [4.78, 5) is 15.5. The van der Waals surface area contributed by atoms with Crippen LogP contribution in [0.3, 0.4) is 0 Å². The summed E-state index contributed by atoms with van der Waals surface area (Å²) in [5, 5.41) is 13.4. The molecule has 2 heterocycles. The largest absolute Gasteiger partial charge is 0.478 e. The molecule has 1 aromatic carbocycles. The van der Waals surface area contributed by atoms with E-state index >= 15 is 0 Å². The number of fused-ring (bicyclic) bond motifs is 1. The van der Waals surface area contributed by atoms with E-state index < -0.39 is 5.97 Å². The summed E-state index contributed by atoms with van der Waals surface area (Å²) in [6.07, 6.45) is 2.45. The van der Waals surface area contributed by atoms with Crippen LogP contribution in [0.4, 0.5) is 5.69 Å². The molecule has 0 spiro atoms. The molecule has 0 amide bonds. The average molecular weight is 286 g/mol. The molecule has 110 valence electrons. The number of rotatable bonds is 4. The molecule has 1 aliphatic rings. The molecule has 3 rings (SSSR count). The molecule has 1 fully saturated rings. The summed E-state index contributed by atoms with van der Waals surface area (Å²) in [6, 6.07) is 7.02. The van der Waals surface area contributed by atoms with Crippen molar-refractivity contribution in [3.05, 3.63) is 35.5 Å². The Kier molecular flexibility index (Phi) is 3.75. The highest BCUT2D eigenvalue weighted by molar-refractivity contribution is 5.97. The van der Waals surface area contributed by atoms with E-state index in [0.717, 1.165) is 42.8 Å². The number of nitrogens with zero attached hydrogens (tertiary/aromatic N) is 1. The zero-order chi connectivity index (χ0) is 14.8. The van der Waals surface area contributed by atoms with Crippen LogP contribution in [0, 0.1) is 6.92 Å². The average Bonchev–Trinajstić information content (AvgIpc) is 2.97. The van der Waals surface area contributed by atoms with Crippen LogP contribution in [-0.2, 0) is 4.74 Å². The normalized spacial score (nSPS) is 18.0. The monoisotopic (exact) mass is 286 g/mol. The van der Waals surface area contributed by atoms with E-state index in [1.54, 1.807) is 12.1 Å². The second-order valence-electron chi connectivity index (χ2n) is 5.36. The number of hydrogen-bond donors (Lipinski definition) is 2. The van der Waals surface area contributed by atoms with Gasteiger partial charge >= 0.3 is 5.97 Å². The molecule has 5 heteroatoms. The summed E-state index contributed by atoms with van der Waals surface area (Å²) >= 11 is 0. The Labute approximate surface area is 123 Å². The van der Waals surface area contributed by atoms with Crippen molar-refractivity contribution in [1.82, 2.24) is 4.98 Å². The lowest BCUT2D eigenvalue weighted by atomic mass is 10.1. The number of nitrogens with one attached hydrogen (secondary N) is 1. The minimum atomic E-state index is -0.936. The number of carbonyl (C=O) groups is 1. The molecule has 1 aromatic heterocycles. The SMILES string of the molecule is Cc1cc(NC[C@@H]2CCCO2)c2ccc(C(=O)O)cc2n1. The Hall–Kier alpha value is -2.14. The first-order valence-electron chi connectivity index (χ1n) is 7.13. The molecular formula is C16H18N2O3. The van der Waals surface area contributed by atoms with Gasteiger partial charge < -0.3 is 15.2 Å². The summed E-state index contributed by atoms with van der Waals surface area (Å²) in [5.74, 6) is -0.936. The van der Waals surface area contributed by atoms with Crippen molar-refractivity contribution in [3.8, 4) is 0 Å². The fourth-order valence-electron chi connectivity index (χ4n) is 2.67. The second kappa shape index (κ2) is 5.69. The van der Waals surface area contributed by atoms with Gasteiger partial charge in [-0.05, 0) is 44.0 Å². The van der Waals surface area contributed by atoms with Gasteiger partial charge in [-0.2, -0.15) is 0 Å². The third-order valence-corrected chi connectivity index (χ3v) is 3.73. The van der Waals surface area contributed by atoms with E-state index in [-0.39, 0.29) is 11.7 Å². The minimum absolute atomic E-state index is 0.255. The van der Waals surface area contributed by atoms with Crippen molar-refractivity contribution in [1.29, 1.82) is 0 Å². The molecule has 1 saturated heterocycles. The third kappa shape index (κ3) is 2.97. The lowest BCUT2D eigenvalue weighted by Gasteiger charge is -2.14. The van der Waals surface area contributed by atoms with Gasteiger partial charge in [0.25, 0.3) is 0 Å². The van der Waals surface area contributed by atoms with Crippen molar-refractivity contribution >= 4 is 22.6 Å². The van der Waals surface area contributed by atoms with E-state index in [0.29, 0.717) is 5.52 Å². The molecule has 0 bridgehead atoms. The van der Waals surface area contributed by atoms with Gasteiger partial charge in [0.15, 0.2) is 0 Å². The van der Waals surface area contributed by atoms with E-state index in [4.69, 9.17) is 9.84 Å². The Morgan fingerprint density at radius 2 is 2.33 bits per heavy atom. The maximum atomic E-state index is 11.1. The Morgan fingerprint density at radius 1 is 1.48 bits per heavy atom. The quantitative estimate of drug-likeness (QED) is 0.904. The molecule has 2 N–H and O–H groups in total. The van der Waals surface area contributed by atoms with Gasteiger partial charge in [-0.25, -0.2) is 4.79 Å². The van der Waals surface area contributed by atoms with E-state index in [9.17, 15) is 4.79 Å². The third-order valence-electron chi connectivity index (χ3n) is 3.73. The number of aryl methyl sites for hydroxylation is 1. The summed E-state index contributed by atoms with van der Waals surface area (Å²) in [7, 11) is 0. The highest BCUT2D eigenvalue weighted by Crippen LogP contribution is 2.25. The first kappa shape index (κ1) is 13.8. The predicted octanol–water partition coefficient (Wildman–Crippen LogP) is 2.83. The first-order valence-corrected chi connectivity index (χ1v) is 7.13. The molecule has 21 heavy (non-hydrogen) atoms. The highest BCUT2D eigenvalue weighted by atomic mass is 16.5. The Bertz CT molecular complexity index is 679. The number of aromatic carboxylic acids is 1. The Balaban J connectivity index is 1.91. The van der Waals surface area contributed by atoms with Crippen molar-refractivity contribution < 1.29 is 14.6 Å². The van der Waals surface area contributed by atoms with Crippen LogP contribution in [-0.4, -0.2) is 35.3 Å². The van der Waals surface area contributed by atoms with Crippen LogP contribution in [0.15, 0.2) is 24.3 Å².